The van der Waals surface area contributed by atoms with E-state index < -0.39 is 6.04 Å². The van der Waals surface area contributed by atoms with Gasteiger partial charge in [-0.15, -0.1) is 10.2 Å². The van der Waals surface area contributed by atoms with Crippen LogP contribution in [0, 0.1) is 11.8 Å². The van der Waals surface area contributed by atoms with Gasteiger partial charge >= 0.3 is 0 Å². The number of rotatable bonds is 9. The summed E-state index contributed by atoms with van der Waals surface area (Å²) in [5, 5.41) is 19.9. The Bertz CT molecular complexity index is 1410. The highest BCUT2D eigenvalue weighted by Crippen LogP contribution is 2.29. The first-order valence-corrected chi connectivity index (χ1v) is 13.6. The topological polar surface area (TPSA) is 165 Å². The number of tetrazole rings is 1. The predicted molar refractivity (Wildman–Crippen MR) is 155 cm³/mol. The lowest BCUT2D eigenvalue weighted by Crippen LogP contribution is -2.48. The molecule has 0 aliphatic heterocycles. The van der Waals surface area contributed by atoms with Crippen LogP contribution >= 0.6 is 0 Å². The molecule has 0 bridgehead atoms. The minimum atomic E-state index is -0.746. The molecule has 7 N–H and O–H groups in total. The lowest BCUT2D eigenvalue weighted by atomic mass is 9.81. The molecule has 10 heteroatoms. The third-order valence-electron chi connectivity index (χ3n) is 7.61. The Kier molecular flexibility index (Phi) is 8.46. The number of nitrogen functional groups attached to an aromatic ring is 1. The number of amides is 2. The Balaban J connectivity index is 1.30. The van der Waals surface area contributed by atoms with E-state index in [4.69, 9.17) is 11.5 Å². The van der Waals surface area contributed by atoms with Gasteiger partial charge in [0, 0.05) is 34.8 Å². The molecule has 1 saturated carbocycles. The fourth-order valence-electron chi connectivity index (χ4n) is 5.19. The summed E-state index contributed by atoms with van der Waals surface area (Å²) in [6, 6.07) is 22.0. The average Bonchev–Trinajstić information content (AvgIpc) is 3.53. The fraction of sp³-hybridized carbons (Fsp3) is 0.300. The zero-order chi connectivity index (χ0) is 27.9. The second-order valence-electron chi connectivity index (χ2n) is 10.3. The van der Waals surface area contributed by atoms with Crippen molar-refractivity contribution >= 4 is 23.2 Å². The summed E-state index contributed by atoms with van der Waals surface area (Å²) in [5.74, 6) is 0.448. The van der Waals surface area contributed by atoms with Gasteiger partial charge in [0.1, 0.15) is 6.04 Å². The van der Waals surface area contributed by atoms with Crippen LogP contribution < -0.4 is 22.1 Å². The van der Waals surface area contributed by atoms with Crippen LogP contribution in [0.25, 0.3) is 22.5 Å². The number of aromatic nitrogens is 4. The van der Waals surface area contributed by atoms with Crippen LogP contribution in [-0.2, 0) is 16.0 Å². The number of carbonyl (C=O) groups is 2. The summed E-state index contributed by atoms with van der Waals surface area (Å²) in [5.41, 5.74) is 16.9. The van der Waals surface area contributed by atoms with Gasteiger partial charge in [0.2, 0.25) is 17.6 Å². The minimum Gasteiger partial charge on any atom is -0.398 e. The lowest BCUT2D eigenvalue weighted by Gasteiger charge is -2.28. The Morgan fingerprint density at radius 2 is 1.62 bits per heavy atom. The number of nitrogens with one attached hydrogen (secondary N) is 3. The number of nitrogens with zero attached hydrogens (tertiary/aromatic N) is 3. The first kappa shape index (κ1) is 27.0. The summed E-state index contributed by atoms with van der Waals surface area (Å²) in [7, 11) is 0. The van der Waals surface area contributed by atoms with E-state index in [9.17, 15) is 9.59 Å². The summed E-state index contributed by atoms with van der Waals surface area (Å²) in [4.78, 5) is 26.7. The van der Waals surface area contributed by atoms with Crippen molar-refractivity contribution < 1.29 is 9.59 Å². The molecule has 10 nitrogen and oxygen atoms in total. The Hall–Kier alpha value is -4.57. The van der Waals surface area contributed by atoms with Crippen LogP contribution in [0.3, 0.4) is 0 Å². The Labute approximate surface area is 232 Å². The first-order chi connectivity index (χ1) is 19.5. The van der Waals surface area contributed by atoms with Crippen LogP contribution in [-0.4, -0.2) is 45.0 Å². The number of H-pyrrole nitrogens is 1. The molecule has 0 saturated heterocycles. The van der Waals surface area contributed by atoms with Gasteiger partial charge in [0.05, 0.1) is 0 Å². The van der Waals surface area contributed by atoms with Crippen LogP contribution in [0.5, 0.6) is 0 Å². The van der Waals surface area contributed by atoms with Crippen molar-refractivity contribution in [2.75, 3.05) is 17.6 Å². The molecule has 2 amide bonds. The summed E-state index contributed by atoms with van der Waals surface area (Å²) in [6.45, 7) is 0.648. The number of para-hydroxylation sites is 1. The van der Waals surface area contributed by atoms with Gasteiger partial charge in [0.25, 0.3) is 0 Å². The Morgan fingerprint density at radius 3 is 2.27 bits per heavy atom. The van der Waals surface area contributed by atoms with Crippen molar-refractivity contribution in [1.29, 1.82) is 0 Å². The summed E-state index contributed by atoms with van der Waals surface area (Å²) >= 11 is 0. The van der Waals surface area contributed by atoms with Crippen molar-refractivity contribution in [3.05, 3.63) is 78.4 Å². The maximum atomic E-state index is 13.5. The molecule has 1 aromatic heterocycles. The maximum absolute atomic E-state index is 13.5. The SMILES string of the molecule is NCC1CCC(C(=O)NC(Cc2ccc(-c3ccccc3N)cc2)C(=O)Nc2ccc(-c3nn[nH]n3)cc2)CC1. The molecule has 4 aromatic rings. The molecule has 206 valence electrons. The second-order valence-corrected chi connectivity index (χ2v) is 10.3. The van der Waals surface area contributed by atoms with Crippen LogP contribution in [0.4, 0.5) is 11.4 Å². The van der Waals surface area contributed by atoms with E-state index in [2.05, 4.69) is 31.3 Å². The molecule has 1 heterocycles. The van der Waals surface area contributed by atoms with E-state index in [0.717, 1.165) is 47.9 Å². The summed E-state index contributed by atoms with van der Waals surface area (Å²) in [6.07, 6.45) is 3.78. The fourth-order valence-corrected chi connectivity index (χ4v) is 5.19. The molecule has 0 spiro atoms. The molecule has 3 aromatic carbocycles. The third kappa shape index (κ3) is 6.52. The molecule has 1 aliphatic rings. The van der Waals surface area contributed by atoms with Crippen molar-refractivity contribution in [1.82, 2.24) is 25.9 Å². The number of aromatic amines is 1. The molecule has 5 rings (SSSR count). The summed E-state index contributed by atoms with van der Waals surface area (Å²) < 4.78 is 0. The number of carbonyl (C=O) groups excluding carboxylic acids is 2. The van der Waals surface area contributed by atoms with Gasteiger partial charge in [-0.1, -0.05) is 42.5 Å². The minimum absolute atomic E-state index is 0.0863. The van der Waals surface area contributed by atoms with Crippen molar-refractivity contribution in [3.63, 3.8) is 0 Å². The molecule has 40 heavy (non-hydrogen) atoms. The number of nitrogens with two attached hydrogens (primary N) is 2. The van der Waals surface area contributed by atoms with E-state index in [1.54, 1.807) is 24.3 Å². The number of hydrogen-bond donors (Lipinski definition) is 5. The van der Waals surface area contributed by atoms with Crippen molar-refractivity contribution in [2.45, 2.75) is 38.1 Å². The Morgan fingerprint density at radius 1 is 0.925 bits per heavy atom. The van der Waals surface area contributed by atoms with E-state index in [0.29, 0.717) is 36.1 Å². The van der Waals surface area contributed by atoms with Gasteiger partial charge in [-0.2, -0.15) is 5.21 Å². The maximum Gasteiger partial charge on any atom is 0.247 e. The van der Waals surface area contributed by atoms with Gasteiger partial charge in [-0.25, -0.2) is 0 Å². The predicted octanol–water partition coefficient (Wildman–Crippen LogP) is 3.55. The van der Waals surface area contributed by atoms with Gasteiger partial charge < -0.3 is 22.1 Å². The zero-order valence-corrected chi connectivity index (χ0v) is 22.2. The largest absolute Gasteiger partial charge is 0.398 e. The van der Waals surface area contributed by atoms with Gasteiger partial charge in [-0.3, -0.25) is 9.59 Å². The molecule has 1 unspecified atom stereocenters. The number of anilines is 2. The molecule has 1 aliphatic carbocycles. The molecule has 0 radical (unpaired) electrons. The highest BCUT2D eigenvalue weighted by Gasteiger charge is 2.29. The van der Waals surface area contributed by atoms with Crippen LogP contribution in [0.1, 0.15) is 31.2 Å². The molecular formula is C30H34N8O2. The van der Waals surface area contributed by atoms with Gasteiger partial charge in [0.15, 0.2) is 0 Å². The first-order valence-electron chi connectivity index (χ1n) is 13.6. The van der Waals surface area contributed by atoms with E-state index in [1.807, 2.05) is 48.5 Å². The quantitative estimate of drug-likeness (QED) is 0.203. The monoisotopic (exact) mass is 538 g/mol. The highest BCUT2D eigenvalue weighted by atomic mass is 16.2. The zero-order valence-electron chi connectivity index (χ0n) is 22.2. The number of benzene rings is 3. The normalized spacial score (nSPS) is 17.6. The van der Waals surface area contributed by atoms with Crippen molar-refractivity contribution in [2.24, 2.45) is 17.6 Å². The molecule has 1 fully saturated rings. The van der Waals surface area contributed by atoms with E-state index in [-0.39, 0.29) is 17.7 Å². The van der Waals surface area contributed by atoms with E-state index >= 15 is 0 Å². The molecular weight excluding hydrogens is 504 g/mol. The molecule has 1 atom stereocenters. The third-order valence-corrected chi connectivity index (χ3v) is 7.61. The van der Waals surface area contributed by atoms with Crippen molar-refractivity contribution in [3.8, 4) is 22.5 Å². The average molecular weight is 539 g/mol. The van der Waals surface area contributed by atoms with E-state index in [1.165, 1.54) is 0 Å². The highest BCUT2D eigenvalue weighted by molar-refractivity contribution is 5.97. The lowest BCUT2D eigenvalue weighted by molar-refractivity contribution is -0.130. The van der Waals surface area contributed by atoms with Gasteiger partial charge in [-0.05, 0) is 84.8 Å². The smallest absolute Gasteiger partial charge is 0.247 e. The standard InChI is InChI=1S/C30H34N8O2/c31-18-20-7-11-23(12-8-20)29(39)34-27(17-19-5-9-21(10-6-19)25-3-1-2-4-26(25)32)30(40)33-24-15-13-22(14-16-24)28-35-37-38-36-28/h1-6,9-10,13-16,20,23,27H,7-8,11-12,17-18,31-32H2,(H,33,40)(H,34,39)(H,35,36,37,38). The van der Waals surface area contributed by atoms with Crippen LogP contribution in [0.2, 0.25) is 0 Å². The second kappa shape index (κ2) is 12.5. The number of hydrogen-bond acceptors (Lipinski definition) is 7. The van der Waals surface area contributed by atoms with Crippen LogP contribution in [0.15, 0.2) is 72.8 Å².